The Bertz CT molecular complexity index is 1540. The van der Waals surface area contributed by atoms with Gasteiger partial charge in [0.25, 0.3) is 10.0 Å². The van der Waals surface area contributed by atoms with Crippen LogP contribution in [-0.2, 0) is 26.2 Å². The summed E-state index contributed by atoms with van der Waals surface area (Å²) in [6, 6.07) is 17.3. The Labute approximate surface area is 258 Å². The third-order valence-corrected chi connectivity index (χ3v) is 9.66. The van der Waals surface area contributed by atoms with Crippen molar-refractivity contribution in [1.29, 1.82) is 0 Å². The maximum Gasteiger partial charge on any atom is 0.264 e. The number of sulfonamides is 1. The van der Waals surface area contributed by atoms with E-state index in [1.165, 1.54) is 30.2 Å². The minimum Gasteiger partial charge on any atom is -0.497 e. The predicted octanol–water partition coefficient (Wildman–Crippen LogP) is 5.34. The molecule has 0 aromatic heterocycles. The van der Waals surface area contributed by atoms with Gasteiger partial charge in [-0.2, -0.15) is 0 Å². The first kappa shape index (κ1) is 32.2. The number of ether oxygens (including phenoxy) is 2. The van der Waals surface area contributed by atoms with Gasteiger partial charge in [-0.1, -0.05) is 54.3 Å². The van der Waals surface area contributed by atoms with E-state index in [1.54, 1.807) is 56.5 Å². The SMILES string of the molecule is COc1cccc(CN(C(=O)CN(c2cc(Cl)ccc2OC)S(=O)(=O)c2ccc(C)cc2)[C@@H](C)C(=O)NC2CCCC2)c1. The van der Waals surface area contributed by atoms with E-state index in [1.807, 2.05) is 13.0 Å². The first-order valence-electron chi connectivity index (χ1n) is 14.2. The molecule has 0 heterocycles. The molecule has 1 aliphatic rings. The molecule has 0 unspecified atom stereocenters. The number of amides is 2. The van der Waals surface area contributed by atoms with Crippen LogP contribution >= 0.6 is 11.6 Å². The molecule has 0 bridgehead atoms. The first-order valence-corrected chi connectivity index (χ1v) is 16.0. The summed E-state index contributed by atoms with van der Waals surface area (Å²) in [5.74, 6) is -0.0505. The third kappa shape index (κ3) is 7.80. The normalized spacial score (nSPS) is 14.2. The van der Waals surface area contributed by atoms with Gasteiger partial charge in [0, 0.05) is 17.6 Å². The monoisotopic (exact) mass is 627 g/mol. The lowest BCUT2D eigenvalue weighted by atomic mass is 10.1. The van der Waals surface area contributed by atoms with Crippen LogP contribution in [0.25, 0.3) is 0 Å². The Morgan fingerprint density at radius 2 is 1.70 bits per heavy atom. The average molecular weight is 628 g/mol. The molecule has 3 aromatic carbocycles. The molecule has 0 aliphatic heterocycles. The van der Waals surface area contributed by atoms with Crippen molar-refractivity contribution in [2.45, 2.75) is 63.1 Å². The number of benzene rings is 3. The van der Waals surface area contributed by atoms with Gasteiger partial charge in [-0.3, -0.25) is 13.9 Å². The lowest BCUT2D eigenvalue weighted by Crippen LogP contribution is -2.52. The number of methoxy groups -OCH3 is 2. The Morgan fingerprint density at radius 1 is 1.00 bits per heavy atom. The third-order valence-electron chi connectivity index (χ3n) is 7.65. The zero-order valence-electron chi connectivity index (χ0n) is 24.9. The van der Waals surface area contributed by atoms with Crippen LogP contribution in [0.2, 0.25) is 5.02 Å². The highest BCUT2D eigenvalue weighted by Gasteiger charge is 2.34. The molecule has 2 amide bonds. The lowest BCUT2D eigenvalue weighted by molar-refractivity contribution is -0.139. The van der Waals surface area contributed by atoms with Crippen LogP contribution in [0.4, 0.5) is 5.69 Å². The predicted molar refractivity (Wildman–Crippen MR) is 167 cm³/mol. The number of hydrogen-bond acceptors (Lipinski definition) is 6. The van der Waals surface area contributed by atoms with E-state index in [4.69, 9.17) is 21.1 Å². The Balaban J connectivity index is 1.74. The van der Waals surface area contributed by atoms with Crippen molar-refractivity contribution in [3.05, 3.63) is 82.9 Å². The molecule has 11 heteroatoms. The van der Waals surface area contributed by atoms with Gasteiger partial charge in [0.05, 0.1) is 24.8 Å². The number of halogens is 1. The van der Waals surface area contributed by atoms with Crippen molar-refractivity contribution in [2.75, 3.05) is 25.1 Å². The Hall–Kier alpha value is -3.76. The van der Waals surface area contributed by atoms with Crippen molar-refractivity contribution in [3.8, 4) is 11.5 Å². The van der Waals surface area contributed by atoms with Crippen LogP contribution in [0, 0.1) is 6.92 Å². The minimum atomic E-state index is -4.27. The fourth-order valence-corrected chi connectivity index (χ4v) is 6.73. The summed E-state index contributed by atoms with van der Waals surface area (Å²) >= 11 is 6.31. The van der Waals surface area contributed by atoms with Crippen molar-refractivity contribution in [2.24, 2.45) is 0 Å². The molecular weight excluding hydrogens is 590 g/mol. The molecule has 4 rings (SSSR count). The van der Waals surface area contributed by atoms with Gasteiger partial charge >= 0.3 is 0 Å². The van der Waals surface area contributed by atoms with E-state index in [0.29, 0.717) is 5.75 Å². The van der Waals surface area contributed by atoms with Gasteiger partial charge in [-0.05, 0) is 74.7 Å². The fourth-order valence-electron chi connectivity index (χ4n) is 5.15. The summed E-state index contributed by atoms with van der Waals surface area (Å²) in [5, 5.41) is 3.34. The van der Waals surface area contributed by atoms with Crippen LogP contribution in [0.1, 0.15) is 43.7 Å². The summed E-state index contributed by atoms with van der Waals surface area (Å²) in [6.07, 6.45) is 3.86. The number of rotatable bonds is 12. The molecule has 43 heavy (non-hydrogen) atoms. The number of aryl methyl sites for hydroxylation is 1. The second-order valence-corrected chi connectivity index (χ2v) is 13.0. The summed E-state index contributed by atoms with van der Waals surface area (Å²) in [6.45, 7) is 2.96. The van der Waals surface area contributed by atoms with Gasteiger partial charge in [0.1, 0.15) is 24.1 Å². The largest absolute Gasteiger partial charge is 0.497 e. The smallest absolute Gasteiger partial charge is 0.264 e. The summed E-state index contributed by atoms with van der Waals surface area (Å²) in [4.78, 5) is 29.0. The molecule has 1 fully saturated rings. The number of nitrogens with one attached hydrogen (secondary N) is 1. The number of carbonyl (C=O) groups is 2. The second-order valence-electron chi connectivity index (χ2n) is 10.7. The van der Waals surface area contributed by atoms with E-state index >= 15 is 0 Å². The zero-order valence-corrected chi connectivity index (χ0v) is 26.5. The molecule has 3 aromatic rings. The van der Waals surface area contributed by atoms with Crippen LogP contribution in [0.3, 0.4) is 0 Å². The van der Waals surface area contributed by atoms with Crippen molar-refractivity contribution in [3.63, 3.8) is 0 Å². The molecule has 1 aliphatic carbocycles. The van der Waals surface area contributed by atoms with Gasteiger partial charge in [0.15, 0.2) is 0 Å². The minimum absolute atomic E-state index is 0.000649. The van der Waals surface area contributed by atoms with E-state index < -0.39 is 28.5 Å². The molecule has 230 valence electrons. The van der Waals surface area contributed by atoms with E-state index in [0.717, 1.165) is 41.1 Å². The molecule has 9 nitrogen and oxygen atoms in total. The topological polar surface area (TPSA) is 105 Å². The molecule has 1 saturated carbocycles. The summed E-state index contributed by atoms with van der Waals surface area (Å²) < 4.78 is 40.1. The summed E-state index contributed by atoms with van der Waals surface area (Å²) in [7, 11) is -1.31. The summed E-state index contributed by atoms with van der Waals surface area (Å²) in [5.41, 5.74) is 1.71. The number of nitrogens with zero attached hydrogens (tertiary/aromatic N) is 2. The molecule has 1 atom stereocenters. The Kier molecular flexibility index (Phi) is 10.6. The van der Waals surface area contributed by atoms with Crippen molar-refractivity contribution in [1.82, 2.24) is 10.2 Å². The molecular formula is C32H38ClN3O6S. The van der Waals surface area contributed by atoms with E-state index in [9.17, 15) is 18.0 Å². The average Bonchev–Trinajstić information content (AvgIpc) is 3.51. The van der Waals surface area contributed by atoms with Crippen molar-refractivity contribution >= 4 is 39.1 Å². The number of anilines is 1. The van der Waals surface area contributed by atoms with Crippen LogP contribution in [-0.4, -0.2) is 58.0 Å². The molecule has 1 N–H and O–H groups in total. The lowest BCUT2D eigenvalue weighted by Gasteiger charge is -2.33. The maximum absolute atomic E-state index is 14.2. The quantitative estimate of drug-likeness (QED) is 0.291. The van der Waals surface area contributed by atoms with Crippen LogP contribution in [0.5, 0.6) is 11.5 Å². The zero-order chi connectivity index (χ0) is 31.1. The van der Waals surface area contributed by atoms with Gasteiger partial charge < -0.3 is 19.7 Å². The molecule has 0 spiro atoms. The highest BCUT2D eigenvalue weighted by molar-refractivity contribution is 7.92. The number of carbonyl (C=O) groups excluding carboxylic acids is 2. The number of hydrogen-bond donors (Lipinski definition) is 1. The Morgan fingerprint density at radius 3 is 2.35 bits per heavy atom. The standard InChI is InChI=1S/C32H38ClN3O6S/c1-22-12-15-28(16-13-22)43(39,40)36(29-19-25(33)14-17-30(29)42-4)21-31(37)35(20-24-8-7-11-27(18-24)41-3)23(2)32(38)34-26-9-5-6-10-26/h7-8,11-19,23,26H,5-6,9-10,20-21H2,1-4H3,(H,34,38)/t23-/m0/s1. The van der Waals surface area contributed by atoms with Gasteiger partial charge in [0.2, 0.25) is 11.8 Å². The van der Waals surface area contributed by atoms with E-state index in [-0.39, 0.29) is 39.8 Å². The van der Waals surface area contributed by atoms with Crippen LogP contribution < -0.4 is 19.1 Å². The maximum atomic E-state index is 14.2. The van der Waals surface area contributed by atoms with E-state index in [2.05, 4.69) is 5.32 Å². The van der Waals surface area contributed by atoms with Crippen molar-refractivity contribution < 1.29 is 27.5 Å². The first-order chi connectivity index (χ1) is 20.5. The highest BCUT2D eigenvalue weighted by atomic mass is 35.5. The molecule has 0 saturated heterocycles. The van der Waals surface area contributed by atoms with Gasteiger partial charge in [-0.15, -0.1) is 0 Å². The molecule has 0 radical (unpaired) electrons. The van der Waals surface area contributed by atoms with Crippen LogP contribution in [0.15, 0.2) is 71.6 Å². The van der Waals surface area contributed by atoms with Gasteiger partial charge in [-0.25, -0.2) is 8.42 Å². The highest BCUT2D eigenvalue weighted by Crippen LogP contribution is 2.35. The second kappa shape index (κ2) is 14.1. The fraction of sp³-hybridized carbons (Fsp3) is 0.375.